The summed E-state index contributed by atoms with van der Waals surface area (Å²) >= 11 is 7.31. The number of anilines is 1. The number of rotatable bonds is 8. The highest BCUT2D eigenvalue weighted by Crippen LogP contribution is 2.24. The summed E-state index contributed by atoms with van der Waals surface area (Å²) in [5.41, 5.74) is 5.02. The van der Waals surface area contributed by atoms with Gasteiger partial charge in [-0.25, -0.2) is 4.98 Å². The predicted molar refractivity (Wildman–Crippen MR) is 128 cm³/mol. The summed E-state index contributed by atoms with van der Waals surface area (Å²) in [7, 11) is 0. The highest BCUT2D eigenvalue weighted by Gasteiger charge is 2.13. The van der Waals surface area contributed by atoms with E-state index in [-0.39, 0.29) is 12.3 Å². The summed E-state index contributed by atoms with van der Waals surface area (Å²) in [6.45, 7) is 6.02. The van der Waals surface area contributed by atoms with Gasteiger partial charge in [-0.3, -0.25) is 9.89 Å². The number of hydrogen-bond donors (Lipinski definition) is 2. The molecule has 170 valence electrons. The maximum atomic E-state index is 12.4. The molecule has 0 unspecified atom stereocenters. The van der Waals surface area contributed by atoms with Crippen molar-refractivity contribution in [2.45, 2.75) is 44.5 Å². The lowest BCUT2D eigenvalue weighted by atomic mass is 10.0. The minimum absolute atomic E-state index is 0.0883. The van der Waals surface area contributed by atoms with E-state index in [0.29, 0.717) is 39.9 Å². The van der Waals surface area contributed by atoms with Gasteiger partial charge in [-0.2, -0.15) is 4.98 Å². The van der Waals surface area contributed by atoms with E-state index in [1.807, 2.05) is 32.9 Å². The Hall–Kier alpha value is -3.17. The SMILES string of the molecule is Cc1cc(C)c(NC(=O)CCc2nc(CSc3n[nH]c(-c4ccc(Cl)cc4)n3)no2)c(C)c1. The van der Waals surface area contributed by atoms with Crippen molar-refractivity contribution < 1.29 is 9.32 Å². The van der Waals surface area contributed by atoms with Crippen molar-refractivity contribution in [3.63, 3.8) is 0 Å². The van der Waals surface area contributed by atoms with Crippen molar-refractivity contribution in [1.29, 1.82) is 0 Å². The smallest absolute Gasteiger partial charge is 0.227 e. The lowest BCUT2D eigenvalue weighted by Crippen LogP contribution is -2.14. The second kappa shape index (κ2) is 10.2. The summed E-state index contributed by atoms with van der Waals surface area (Å²) in [6.07, 6.45) is 0.627. The Morgan fingerprint density at radius 3 is 2.58 bits per heavy atom. The molecule has 2 N–H and O–H groups in total. The zero-order valence-electron chi connectivity index (χ0n) is 18.5. The normalized spacial score (nSPS) is 11.0. The van der Waals surface area contributed by atoms with Gasteiger partial charge >= 0.3 is 0 Å². The van der Waals surface area contributed by atoms with E-state index in [1.54, 1.807) is 12.1 Å². The first-order chi connectivity index (χ1) is 15.9. The van der Waals surface area contributed by atoms with Crippen LogP contribution in [-0.2, 0) is 17.0 Å². The van der Waals surface area contributed by atoms with Gasteiger partial charge in [-0.05, 0) is 56.2 Å². The molecule has 4 rings (SSSR count). The van der Waals surface area contributed by atoms with Gasteiger partial charge in [0.2, 0.25) is 17.0 Å². The molecule has 0 spiro atoms. The molecule has 10 heteroatoms. The number of aromatic amines is 1. The zero-order chi connectivity index (χ0) is 23.4. The molecular weight excluding hydrogens is 460 g/mol. The van der Waals surface area contributed by atoms with Crippen LogP contribution in [0.5, 0.6) is 0 Å². The Balaban J connectivity index is 1.27. The lowest BCUT2D eigenvalue weighted by molar-refractivity contribution is -0.116. The molecule has 0 aliphatic heterocycles. The van der Waals surface area contributed by atoms with Crippen molar-refractivity contribution >= 4 is 35.0 Å². The van der Waals surface area contributed by atoms with Gasteiger partial charge in [-0.1, -0.05) is 46.2 Å². The molecule has 0 saturated heterocycles. The van der Waals surface area contributed by atoms with Gasteiger partial charge in [0, 0.05) is 29.1 Å². The highest BCUT2D eigenvalue weighted by molar-refractivity contribution is 7.98. The number of nitrogens with zero attached hydrogens (tertiary/aromatic N) is 4. The Morgan fingerprint density at radius 2 is 1.85 bits per heavy atom. The van der Waals surface area contributed by atoms with Gasteiger partial charge in [0.25, 0.3) is 0 Å². The van der Waals surface area contributed by atoms with Crippen LogP contribution < -0.4 is 5.32 Å². The van der Waals surface area contributed by atoms with Crippen LogP contribution >= 0.6 is 23.4 Å². The number of halogens is 1. The van der Waals surface area contributed by atoms with E-state index in [4.69, 9.17) is 16.1 Å². The molecule has 4 aromatic rings. The third-order valence-corrected chi connectivity index (χ3v) is 6.03. The number of benzene rings is 2. The van der Waals surface area contributed by atoms with Gasteiger partial charge in [0.15, 0.2) is 11.6 Å². The maximum absolute atomic E-state index is 12.4. The standard InChI is InChI=1S/C23H23ClN6O2S/c1-13-10-14(2)21(15(3)11-13)26-19(31)8-9-20-25-18(30-32-20)12-33-23-27-22(28-29-23)16-4-6-17(24)7-5-16/h4-7,10-11H,8-9,12H2,1-3H3,(H,26,31)(H,27,28,29). The van der Waals surface area contributed by atoms with Crippen LogP contribution in [0, 0.1) is 20.8 Å². The predicted octanol–water partition coefficient (Wildman–Crippen LogP) is 5.30. The molecule has 0 bridgehead atoms. The number of carbonyl (C=O) groups is 1. The van der Waals surface area contributed by atoms with Crippen LogP contribution in [0.15, 0.2) is 46.1 Å². The third kappa shape index (κ3) is 6.00. The van der Waals surface area contributed by atoms with E-state index >= 15 is 0 Å². The summed E-state index contributed by atoms with van der Waals surface area (Å²) in [6, 6.07) is 11.5. The van der Waals surface area contributed by atoms with Crippen LogP contribution in [0.4, 0.5) is 5.69 Å². The number of carbonyl (C=O) groups excluding carboxylic acids is 1. The molecule has 8 nitrogen and oxygen atoms in total. The van der Waals surface area contributed by atoms with Gasteiger partial charge < -0.3 is 9.84 Å². The van der Waals surface area contributed by atoms with E-state index in [9.17, 15) is 4.79 Å². The molecular formula is C23H23ClN6O2S. The summed E-state index contributed by atoms with van der Waals surface area (Å²) in [5, 5.41) is 15.3. The van der Waals surface area contributed by atoms with Crippen LogP contribution in [0.2, 0.25) is 5.02 Å². The second-order valence-corrected chi connectivity index (χ2v) is 9.07. The molecule has 0 atom stereocenters. The largest absolute Gasteiger partial charge is 0.339 e. The van der Waals surface area contributed by atoms with Crippen LogP contribution in [0.25, 0.3) is 11.4 Å². The summed E-state index contributed by atoms with van der Waals surface area (Å²) < 4.78 is 5.29. The average molecular weight is 483 g/mol. The Morgan fingerprint density at radius 1 is 1.12 bits per heavy atom. The number of nitrogens with one attached hydrogen (secondary N) is 2. The molecule has 2 aromatic heterocycles. The number of aromatic nitrogens is 5. The lowest BCUT2D eigenvalue weighted by Gasteiger charge is -2.12. The third-order valence-electron chi connectivity index (χ3n) is 4.93. The Kier molecular flexibility index (Phi) is 7.10. The fraction of sp³-hybridized carbons (Fsp3) is 0.261. The van der Waals surface area contributed by atoms with E-state index in [2.05, 4.69) is 42.8 Å². The van der Waals surface area contributed by atoms with Crippen LogP contribution in [0.3, 0.4) is 0 Å². The monoisotopic (exact) mass is 482 g/mol. The first-order valence-corrected chi connectivity index (χ1v) is 11.7. The van der Waals surface area contributed by atoms with E-state index < -0.39 is 0 Å². The average Bonchev–Trinajstić information content (AvgIpc) is 3.43. The van der Waals surface area contributed by atoms with Crippen molar-refractivity contribution in [3.05, 3.63) is 69.8 Å². The molecule has 0 radical (unpaired) electrons. The molecule has 2 aromatic carbocycles. The minimum atomic E-state index is -0.0883. The fourth-order valence-corrected chi connectivity index (χ4v) is 4.19. The molecule has 33 heavy (non-hydrogen) atoms. The van der Waals surface area contributed by atoms with E-state index in [1.165, 1.54) is 17.3 Å². The number of aryl methyl sites for hydroxylation is 4. The van der Waals surface area contributed by atoms with Crippen molar-refractivity contribution in [3.8, 4) is 11.4 Å². The second-order valence-electron chi connectivity index (χ2n) is 7.69. The fourth-order valence-electron chi connectivity index (χ4n) is 3.43. The Labute approximate surface area is 200 Å². The molecule has 2 heterocycles. The topological polar surface area (TPSA) is 110 Å². The molecule has 0 aliphatic carbocycles. The molecule has 0 aliphatic rings. The molecule has 0 fully saturated rings. The van der Waals surface area contributed by atoms with E-state index in [0.717, 1.165) is 22.4 Å². The summed E-state index contributed by atoms with van der Waals surface area (Å²) in [4.78, 5) is 21.2. The minimum Gasteiger partial charge on any atom is -0.339 e. The van der Waals surface area contributed by atoms with Gasteiger partial charge in [0.1, 0.15) is 0 Å². The summed E-state index contributed by atoms with van der Waals surface area (Å²) in [5.74, 6) is 1.98. The number of H-pyrrole nitrogens is 1. The Bertz CT molecular complexity index is 1250. The van der Waals surface area contributed by atoms with Crippen LogP contribution in [-0.4, -0.2) is 31.2 Å². The van der Waals surface area contributed by atoms with Gasteiger partial charge in [-0.15, -0.1) is 5.10 Å². The first kappa shape index (κ1) is 23.0. The number of amides is 1. The molecule has 0 saturated carbocycles. The molecule has 1 amide bonds. The zero-order valence-corrected chi connectivity index (χ0v) is 20.0. The van der Waals surface area contributed by atoms with Crippen molar-refractivity contribution in [2.75, 3.05) is 5.32 Å². The quantitative estimate of drug-likeness (QED) is 0.328. The van der Waals surface area contributed by atoms with Crippen molar-refractivity contribution in [1.82, 2.24) is 25.3 Å². The maximum Gasteiger partial charge on any atom is 0.227 e. The highest BCUT2D eigenvalue weighted by atomic mass is 35.5. The first-order valence-electron chi connectivity index (χ1n) is 10.4. The number of thioether (sulfide) groups is 1. The van der Waals surface area contributed by atoms with Crippen LogP contribution in [0.1, 0.15) is 34.8 Å². The van der Waals surface area contributed by atoms with Crippen molar-refractivity contribution in [2.24, 2.45) is 0 Å². The van der Waals surface area contributed by atoms with Gasteiger partial charge in [0.05, 0.1) is 5.75 Å². The number of hydrogen-bond acceptors (Lipinski definition) is 7.